The second-order valence-corrected chi connectivity index (χ2v) is 9.34. The van der Waals surface area contributed by atoms with Crippen LogP contribution in [0.3, 0.4) is 0 Å². The fourth-order valence-electron chi connectivity index (χ4n) is 4.23. The van der Waals surface area contributed by atoms with Gasteiger partial charge in [-0.05, 0) is 56.1 Å². The SMILES string of the molecule is CN(c1nc(CC(=O)NCC2=CCCN=C2)nc2sc3c(c12)CCCC3)C1CC1. The number of aryl methyl sites for hydroxylation is 2. The highest BCUT2D eigenvalue weighted by atomic mass is 32.1. The summed E-state index contributed by atoms with van der Waals surface area (Å²) in [4.78, 5) is 31.4. The van der Waals surface area contributed by atoms with E-state index >= 15 is 0 Å². The van der Waals surface area contributed by atoms with Crippen molar-refractivity contribution in [2.75, 3.05) is 25.0 Å². The highest BCUT2D eigenvalue weighted by Crippen LogP contribution is 2.41. The van der Waals surface area contributed by atoms with Gasteiger partial charge in [0.05, 0.1) is 11.8 Å². The van der Waals surface area contributed by atoms with Crippen LogP contribution >= 0.6 is 11.3 Å². The van der Waals surface area contributed by atoms with Gasteiger partial charge in [0.2, 0.25) is 5.91 Å². The van der Waals surface area contributed by atoms with Crippen molar-refractivity contribution < 1.29 is 4.79 Å². The molecule has 2 aromatic heterocycles. The summed E-state index contributed by atoms with van der Waals surface area (Å²) in [5.74, 6) is 1.62. The molecular formula is C22H27N5OS. The summed E-state index contributed by atoms with van der Waals surface area (Å²) < 4.78 is 0. The van der Waals surface area contributed by atoms with Crippen molar-refractivity contribution in [1.82, 2.24) is 15.3 Å². The van der Waals surface area contributed by atoms with Crippen molar-refractivity contribution in [2.45, 2.75) is 57.4 Å². The lowest BCUT2D eigenvalue weighted by molar-refractivity contribution is -0.120. The van der Waals surface area contributed by atoms with Gasteiger partial charge in [0.25, 0.3) is 0 Å². The first-order valence-corrected chi connectivity index (χ1v) is 11.5. The summed E-state index contributed by atoms with van der Waals surface area (Å²) in [5, 5.41) is 4.24. The predicted molar refractivity (Wildman–Crippen MR) is 118 cm³/mol. The predicted octanol–water partition coefficient (Wildman–Crippen LogP) is 3.23. The number of fused-ring (bicyclic) bond motifs is 3. The van der Waals surface area contributed by atoms with Crippen LogP contribution in [0.25, 0.3) is 10.2 Å². The zero-order chi connectivity index (χ0) is 19.8. The Morgan fingerprint density at radius 1 is 1.28 bits per heavy atom. The standard InChI is InChI=1S/C22H27N5OS/c1-27(15-8-9-15)21-20-16-6-2-3-7-17(16)29-22(20)26-18(25-21)11-19(28)24-13-14-5-4-10-23-12-14/h5,12,15H,2-4,6-11,13H2,1H3,(H,24,28). The van der Waals surface area contributed by atoms with Gasteiger partial charge in [-0.15, -0.1) is 11.3 Å². The van der Waals surface area contributed by atoms with Gasteiger partial charge in [0.15, 0.2) is 0 Å². The van der Waals surface area contributed by atoms with Gasteiger partial charge in [-0.3, -0.25) is 9.79 Å². The Hall–Kier alpha value is -2.28. The number of nitrogens with zero attached hydrogens (tertiary/aromatic N) is 4. The number of amides is 1. The van der Waals surface area contributed by atoms with Crippen molar-refractivity contribution in [3.63, 3.8) is 0 Å². The summed E-state index contributed by atoms with van der Waals surface area (Å²) in [5.41, 5.74) is 2.53. The number of anilines is 1. The molecule has 6 nitrogen and oxygen atoms in total. The first-order valence-electron chi connectivity index (χ1n) is 10.7. The van der Waals surface area contributed by atoms with E-state index in [4.69, 9.17) is 9.97 Å². The van der Waals surface area contributed by atoms with E-state index in [0.717, 1.165) is 42.0 Å². The molecule has 0 bridgehead atoms. The van der Waals surface area contributed by atoms with Crippen molar-refractivity contribution >= 4 is 39.5 Å². The minimum Gasteiger partial charge on any atom is -0.356 e. The molecule has 0 saturated heterocycles. The third-order valence-corrected chi connectivity index (χ3v) is 7.19. The number of aromatic nitrogens is 2. The smallest absolute Gasteiger partial charge is 0.227 e. The minimum absolute atomic E-state index is 0.0365. The number of nitrogens with one attached hydrogen (secondary N) is 1. The molecule has 0 aromatic carbocycles. The maximum absolute atomic E-state index is 12.5. The molecule has 0 spiro atoms. The Bertz CT molecular complexity index is 1000. The van der Waals surface area contributed by atoms with Crippen LogP contribution < -0.4 is 10.2 Å². The quantitative estimate of drug-likeness (QED) is 0.795. The molecule has 1 fully saturated rings. The normalized spacial score (nSPS) is 18.4. The first kappa shape index (κ1) is 18.7. The summed E-state index contributed by atoms with van der Waals surface area (Å²) in [6.45, 7) is 1.36. The number of hydrogen-bond donors (Lipinski definition) is 1. The molecule has 1 saturated carbocycles. The van der Waals surface area contributed by atoms with Crippen molar-refractivity contribution in [3.05, 3.63) is 27.9 Å². The lowest BCUT2D eigenvalue weighted by atomic mass is 9.97. The van der Waals surface area contributed by atoms with Gasteiger partial charge in [-0.1, -0.05) is 6.08 Å². The van der Waals surface area contributed by atoms with Crippen LogP contribution in [0, 0.1) is 0 Å². The molecule has 2 aromatic rings. The van der Waals surface area contributed by atoms with Crippen molar-refractivity contribution in [1.29, 1.82) is 0 Å². The molecule has 0 atom stereocenters. The number of rotatable bonds is 6. The van der Waals surface area contributed by atoms with E-state index in [1.807, 2.05) is 6.21 Å². The average molecular weight is 410 g/mol. The molecule has 0 radical (unpaired) electrons. The van der Waals surface area contributed by atoms with Crippen LogP contribution in [-0.2, 0) is 24.1 Å². The van der Waals surface area contributed by atoms with Crippen LogP contribution in [-0.4, -0.2) is 48.3 Å². The van der Waals surface area contributed by atoms with Gasteiger partial charge in [0.1, 0.15) is 16.5 Å². The maximum atomic E-state index is 12.5. The number of aliphatic imine (C=N–C) groups is 1. The van der Waals surface area contributed by atoms with Gasteiger partial charge in [-0.25, -0.2) is 9.97 Å². The van der Waals surface area contributed by atoms with E-state index in [2.05, 4.69) is 28.3 Å². The summed E-state index contributed by atoms with van der Waals surface area (Å²) >= 11 is 1.80. The summed E-state index contributed by atoms with van der Waals surface area (Å²) in [7, 11) is 2.14. The molecule has 2 aliphatic carbocycles. The minimum atomic E-state index is -0.0365. The van der Waals surface area contributed by atoms with Gasteiger partial charge >= 0.3 is 0 Å². The molecule has 1 aliphatic heterocycles. The van der Waals surface area contributed by atoms with E-state index in [9.17, 15) is 4.79 Å². The van der Waals surface area contributed by atoms with E-state index in [1.54, 1.807) is 11.3 Å². The second-order valence-electron chi connectivity index (χ2n) is 8.25. The Labute approximate surface area is 175 Å². The van der Waals surface area contributed by atoms with E-state index in [-0.39, 0.29) is 12.3 Å². The largest absolute Gasteiger partial charge is 0.356 e. The molecule has 1 amide bonds. The van der Waals surface area contributed by atoms with Crippen LogP contribution in [0.15, 0.2) is 16.6 Å². The Morgan fingerprint density at radius 2 is 2.14 bits per heavy atom. The van der Waals surface area contributed by atoms with Gasteiger partial charge < -0.3 is 10.2 Å². The molecule has 1 N–H and O–H groups in total. The zero-order valence-corrected chi connectivity index (χ0v) is 17.7. The number of hydrogen-bond acceptors (Lipinski definition) is 6. The Morgan fingerprint density at radius 3 is 2.93 bits per heavy atom. The Kier molecular flexibility index (Phi) is 5.08. The second kappa shape index (κ2) is 7.86. The van der Waals surface area contributed by atoms with E-state index in [0.29, 0.717) is 18.4 Å². The third kappa shape index (κ3) is 3.92. The van der Waals surface area contributed by atoms with Crippen molar-refractivity contribution in [3.8, 4) is 0 Å². The number of carbonyl (C=O) groups is 1. The topological polar surface area (TPSA) is 70.5 Å². The third-order valence-electron chi connectivity index (χ3n) is 6.00. The molecule has 3 aliphatic rings. The van der Waals surface area contributed by atoms with Crippen LogP contribution in [0.2, 0.25) is 0 Å². The molecule has 152 valence electrons. The maximum Gasteiger partial charge on any atom is 0.227 e. The van der Waals surface area contributed by atoms with Crippen LogP contribution in [0.1, 0.15) is 48.4 Å². The lowest BCUT2D eigenvalue weighted by Crippen LogP contribution is -2.29. The van der Waals surface area contributed by atoms with Crippen LogP contribution in [0.4, 0.5) is 5.82 Å². The van der Waals surface area contributed by atoms with E-state index < -0.39 is 0 Å². The monoisotopic (exact) mass is 409 g/mol. The fourth-order valence-corrected chi connectivity index (χ4v) is 5.51. The average Bonchev–Trinajstić information content (AvgIpc) is 3.52. The van der Waals surface area contributed by atoms with E-state index in [1.165, 1.54) is 41.5 Å². The zero-order valence-electron chi connectivity index (χ0n) is 16.9. The molecule has 0 unspecified atom stereocenters. The molecule has 29 heavy (non-hydrogen) atoms. The molecule has 7 heteroatoms. The number of carbonyl (C=O) groups excluding carboxylic acids is 1. The van der Waals surface area contributed by atoms with Crippen LogP contribution in [0.5, 0.6) is 0 Å². The van der Waals surface area contributed by atoms with Gasteiger partial charge in [-0.2, -0.15) is 0 Å². The van der Waals surface area contributed by atoms with Gasteiger partial charge in [0, 0.05) is 37.3 Å². The number of thiophene rings is 1. The number of dihydropyridines is 1. The van der Waals surface area contributed by atoms with Crippen molar-refractivity contribution in [2.24, 2.45) is 4.99 Å². The highest BCUT2D eigenvalue weighted by Gasteiger charge is 2.31. The lowest BCUT2D eigenvalue weighted by Gasteiger charge is -2.20. The fraction of sp³-hybridized carbons (Fsp3) is 0.545. The molecule has 5 rings (SSSR count). The molecule has 3 heterocycles. The molecular weight excluding hydrogens is 382 g/mol. The summed E-state index contributed by atoms with van der Waals surface area (Å²) in [6, 6.07) is 0.575. The highest BCUT2D eigenvalue weighted by molar-refractivity contribution is 7.19. The first-order chi connectivity index (χ1) is 14.2. The Balaban J connectivity index is 1.41. The summed E-state index contributed by atoms with van der Waals surface area (Å²) in [6.07, 6.45) is 12.4.